The molecule has 3 N–H and O–H groups in total. The second-order valence-electron chi connectivity index (χ2n) is 6.77. The summed E-state index contributed by atoms with van der Waals surface area (Å²) in [5.41, 5.74) is 1.57. The Balaban J connectivity index is 1.49. The largest absolute Gasteiger partial charge is 0.497 e. The molecule has 0 radical (unpaired) electrons. The number of hydrogen-bond donors (Lipinski definition) is 3. The van der Waals surface area contributed by atoms with E-state index in [1.54, 1.807) is 54.6 Å². The van der Waals surface area contributed by atoms with Crippen molar-refractivity contribution in [3.8, 4) is 11.5 Å². The number of carbonyl (C=O) groups excluding carboxylic acids is 1. The number of fused-ring (bicyclic) bond motifs is 1. The Morgan fingerprint density at radius 2 is 1.73 bits per heavy atom. The summed E-state index contributed by atoms with van der Waals surface area (Å²) < 4.78 is 38.7. The molecule has 0 fully saturated rings. The van der Waals surface area contributed by atoms with E-state index in [4.69, 9.17) is 9.47 Å². The highest BCUT2D eigenvalue weighted by Gasteiger charge is 2.16. The van der Waals surface area contributed by atoms with Crippen molar-refractivity contribution in [2.45, 2.75) is 4.90 Å². The number of benzene rings is 3. The first-order valence-corrected chi connectivity index (χ1v) is 12.0. The minimum absolute atomic E-state index is 0.149. The smallest absolute Gasteiger partial charge is 0.323 e. The summed E-state index contributed by atoms with van der Waals surface area (Å²) in [6, 6.07) is 17.7. The first kappa shape index (κ1) is 22.4. The monoisotopic (exact) mass is 484 g/mol. The van der Waals surface area contributed by atoms with Crippen molar-refractivity contribution < 1.29 is 22.7 Å². The molecule has 3 aromatic carbocycles. The van der Waals surface area contributed by atoms with E-state index < -0.39 is 16.1 Å². The molecule has 11 heteroatoms. The van der Waals surface area contributed by atoms with Gasteiger partial charge in [-0.15, -0.1) is 0 Å². The average Bonchev–Trinajstić information content (AvgIpc) is 3.20. The van der Waals surface area contributed by atoms with Crippen molar-refractivity contribution in [2.75, 3.05) is 29.6 Å². The Hall–Kier alpha value is -3.83. The highest BCUT2D eigenvalue weighted by molar-refractivity contribution is 7.93. The van der Waals surface area contributed by atoms with Gasteiger partial charge in [-0.3, -0.25) is 4.72 Å². The third-order valence-corrected chi connectivity index (χ3v) is 6.99. The van der Waals surface area contributed by atoms with Crippen molar-refractivity contribution in [1.29, 1.82) is 0 Å². The number of nitrogens with zero attached hydrogens (tertiary/aromatic N) is 1. The van der Waals surface area contributed by atoms with Gasteiger partial charge in [-0.1, -0.05) is 29.5 Å². The fraction of sp³-hybridized carbons (Fsp3) is 0.0909. The van der Waals surface area contributed by atoms with Crippen LogP contribution in [0.4, 0.5) is 21.3 Å². The highest BCUT2D eigenvalue weighted by atomic mass is 32.2. The lowest BCUT2D eigenvalue weighted by Gasteiger charge is -2.12. The van der Waals surface area contributed by atoms with Crippen LogP contribution >= 0.6 is 11.3 Å². The van der Waals surface area contributed by atoms with Gasteiger partial charge in [-0.05, 0) is 42.5 Å². The predicted octanol–water partition coefficient (Wildman–Crippen LogP) is 4.76. The number of thiazole rings is 1. The summed E-state index contributed by atoms with van der Waals surface area (Å²) in [5, 5.41) is 5.71. The molecule has 2 amide bonds. The Bertz CT molecular complexity index is 1410. The Morgan fingerprint density at radius 3 is 2.45 bits per heavy atom. The molecule has 0 atom stereocenters. The van der Waals surface area contributed by atoms with E-state index >= 15 is 0 Å². The van der Waals surface area contributed by atoms with E-state index in [1.165, 1.54) is 37.7 Å². The summed E-state index contributed by atoms with van der Waals surface area (Å²) in [5.74, 6) is 1.06. The number of ether oxygens (including phenoxy) is 2. The van der Waals surface area contributed by atoms with Crippen LogP contribution in [0.3, 0.4) is 0 Å². The fourth-order valence-electron chi connectivity index (χ4n) is 3.02. The Labute approximate surface area is 194 Å². The molecule has 0 bridgehead atoms. The molecule has 170 valence electrons. The molecule has 0 saturated carbocycles. The molecular weight excluding hydrogens is 464 g/mol. The van der Waals surface area contributed by atoms with Crippen LogP contribution in [-0.4, -0.2) is 33.7 Å². The van der Waals surface area contributed by atoms with Gasteiger partial charge >= 0.3 is 6.03 Å². The minimum Gasteiger partial charge on any atom is -0.497 e. The van der Waals surface area contributed by atoms with Crippen LogP contribution in [-0.2, 0) is 10.0 Å². The quantitative estimate of drug-likeness (QED) is 0.348. The van der Waals surface area contributed by atoms with Gasteiger partial charge in [-0.2, -0.15) is 0 Å². The van der Waals surface area contributed by atoms with Gasteiger partial charge in [0.15, 0.2) is 5.13 Å². The van der Waals surface area contributed by atoms with Gasteiger partial charge < -0.3 is 20.1 Å². The van der Waals surface area contributed by atoms with Crippen molar-refractivity contribution in [1.82, 2.24) is 4.98 Å². The van der Waals surface area contributed by atoms with Gasteiger partial charge in [0.1, 0.15) is 11.5 Å². The van der Waals surface area contributed by atoms with Gasteiger partial charge in [0.2, 0.25) is 0 Å². The van der Waals surface area contributed by atoms with E-state index in [0.717, 1.165) is 0 Å². The molecule has 0 unspecified atom stereocenters. The lowest BCUT2D eigenvalue weighted by molar-refractivity contribution is 0.262. The fourth-order valence-corrected chi connectivity index (χ4v) is 5.18. The van der Waals surface area contributed by atoms with Crippen LogP contribution in [0.25, 0.3) is 10.2 Å². The SMILES string of the molecule is COc1ccc(OC)c(NC(=O)Nc2ccc3nc(NS(=O)(=O)c4ccccc4)sc3c2)c1. The van der Waals surface area contributed by atoms with E-state index in [1.807, 2.05) is 0 Å². The molecule has 0 spiro atoms. The molecule has 4 rings (SSSR count). The van der Waals surface area contributed by atoms with Gasteiger partial charge in [0, 0.05) is 11.8 Å². The number of hydrogen-bond acceptors (Lipinski definition) is 7. The van der Waals surface area contributed by atoms with Crippen molar-refractivity contribution in [3.63, 3.8) is 0 Å². The maximum absolute atomic E-state index is 12.5. The maximum Gasteiger partial charge on any atom is 0.323 e. The zero-order valence-corrected chi connectivity index (χ0v) is 19.3. The predicted molar refractivity (Wildman–Crippen MR) is 129 cm³/mol. The first-order valence-electron chi connectivity index (χ1n) is 9.66. The lowest BCUT2D eigenvalue weighted by atomic mass is 10.2. The second-order valence-corrected chi connectivity index (χ2v) is 9.48. The van der Waals surface area contributed by atoms with Crippen LogP contribution in [0.2, 0.25) is 0 Å². The summed E-state index contributed by atoms with van der Waals surface area (Å²) in [6.07, 6.45) is 0. The Kier molecular flexibility index (Phi) is 6.33. The van der Waals surface area contributed by atoms with Gasteiger partial charge in [-0.25, -0.2) is 18.2 Å². The van der Waals surface area contributed by atoms with E-state index in [2.05, 4.69) is 20.3 Å². The van der Waals surface area contributed by atoms with Crippen LogP contribution < -0.4 is 24.8 Å². The zero-order valence-electron chi connectivity index (χ0n) is 17.7. The van der Waals surface area contributed by atoms with E-state index in [9.17, 15) is 13.2 Å². The number of sulfonamides is 1. The van der Waals surface area contributed by atoms with Gasteiger partial charge in [0.05, 0.1) is 35.0 Å². The molecule has 0 saturated heterocycles. The molecule has 0 aliphatic rings. The van der Waals surface area contributed by atoms with Crippen LogP contribution in [0, 0.1) is 0 Å². The number of rotatable bonds is 7. The van der Waals surface area contributed by atoms with E-state index in [0.29, 0.717) is 33.1 Å². The van der Waals surface area contributed by atoms with E-state index in [-0.39, 0.29) is 10.0 Å². The Morgan fingerprint density at radius 1 is 0.939 bits per heavy atom. The number of anilines is 3. The third-order valence-electron chi connectivity index (χ3n) is 4.58. The normalized spacial score (nSPS) is 11.1. The van der Waals surface area contributed by atoms with Crippen molar-refractivity contribution >= 4 is 54.1 Å². The molecule has 33 heavy (non-hydrogen) atoms. The zero-order chi connectivity index (χ0) is 23.4. The molecule has 0 aliphatic heterocycles. The maximum atomic E-state index is 12.5. The topological polar surface area (TPSA) is 119 Å². The van der Waals surface area contributed by atoms with Crippen LogP contribution in [0.15, 0.2) is 71.6 Å². The van der Waals surface area contributed by atoms with Crippen LogP contribution in [0.1, 0.15) is 0 Å². The van der Waals surface area contributed by atoms with Crippen molar-refractivity contribution in [2.24, 2.45) is 0 Å². The highest BCUT2D eigenvalue weighted by Crippen LogP contribution is 2.31. The van der Waals surface area contributed by atoms with Gasteiger partial charge in [0.25, 0.3) is 10.0 Å². The molecule has 1 heterocycles. The summed E-state index contributed by atoms with van der Waals surface area (Å²) >= 11 is 1.17. The number of nitrogens with one attached hydrogen (secondary N) is 3. The summed E-state index contributed by atoms with van der Waals surface area (Å²) in [6.45, 7) is 0. The average molecular weight is 485 g/mol. The lowest BCUT2D eigenvalue weighted by Crippen LogP contribution is -2.19. The van der Waals surface area contributed by atoms with Crippen LogP contribution in [0.5, 0.6) is 11.5 Å². The number of amides is 2. The molecule has 1 aromatic heterocycles. The number of aromatic nitrogens is 1. The summed E-state index contributed by atoms with van der Waals surface area (Å²) in [4.78, 5) is 17.0. The second kappa shape index (κ2) is 9.35. The third kappa shape index (κ3) is 5.16. The van der Waals surface area contributed by atoms with Crippen molar-refractivity contribution in [3.05, 3.63) is 66.7 Å². The standard InChI is InChI=1S/C22H20N4O5S2/c1-30-15-9-11-19(31-2)18(13-15)24-21(27)23-14-8-10-17-20(12-14)32-22(25-17)26-33(28,29)16-6-4-3-5-7-16/h3-13H,1-2H3,(H,25,26)(H2,23,24,27). The summed E-state index contributed by atoms with van der Waals surface area (Å²) in [7, 11) is -0.703. The minimum atomic E-state index is -3.74. The first-order chi connectivity index (χ1) is 15.9. The molecule has 0 aliphatic carbocycles. The number of methoxy groups -OCH3 is 2. The molecular formula is C22H20N4O5S2. The number of urea groups is 1. The molecule has 4 aromatic rings. The molecule has 9 nitrogen and oxygen atoms in total. The number of carbonyl (C=O) groups is 1.